The maximum absolute atomic E-state index is 12.3. The van der Waals surface area contributed by atoms with Gasteiger partial charge in [-0.2, -0.15) is 0 Å². The summed E-state index contributed by atoms with van der Waals surface area (Å²) >= 11 is 0. The standard InChI is InChI=1S/C54H84O6/c1-4-6-8-10-12-14-16-18-20-22-24-26-28-30-42-57-50-37-32-47(33-38-50)45-59-52-41-36-49(54(55)56-3)44-53(52)60-46-48-34-39-51(40-35-48)58-43-31-29-27-25-23-21-19-17-15-13-11-9-7-5-2/h32-41,44H,4-31,42-43,45-46H2,1-3H3. The number of ether oxygens (including phenoxy) is 5. The van der Waals surface area contributed by atoms with Crippen LogP contribution in [0.4, 0.5) is 0 Å². The number of methoxy groups -OCH3 is 1. The summed E-state index contributed by atoms with van der Waals surface area (Å²) in [6, 6.07) is 21.3. The molecule has 6 heteroatoms. The number of hydrogen-bond donors (Lipinski definition) is 0. The molecule has 0 aliphatic carbocycles. The third-order valence-corrected chi connectivity index (χ3v) is 11.5. The third kappa shape index (κ3) is 24.6. The minimum Gasteiger partial charge on any atom is -0.494 e. The van der Waals surface area contributed by atoms with Crippen LogP contribution in [-0.2, 0) is 18.0 Å². The number of carbonyl (C=O) groups excluding carboxylic acids is 1. The van der Waals surface area contributed by atoms with Gasteiger partial charge in [-0.25, -0.2) is 4.79 Å². The molecule has 0 saturated heterocycles. The second-order valence-corrected chi connectivity index (χ2v) is 16.9. The van der Waals surface area contributed by atoms with Crippen molar-refractivity contribution in [2.75, 3.05) is 20.3 Å². The van der Waals surface area contributed by atoms with E-state index in [2.05, 4.69) is 13.8 Å². The fraction of sp³-hybridized carbons (Fsp3) is 0.648. The van der Waals surface area contributed by atoms with Crippen LogP contribution in [0.15, 0.2) is 66.7 Å². The second-order valence-electron chi connectivity index (χ2n) is 16.9. The number of benzene rings is 3. The number of unbranched alkanes of at least 4 members (excludes halogenated alkanes) is 26. The Morgan fingerprint density at radius 2 is 0.717 bits per heavy atom. The van der Waals surface area contributed by atoms with Gasteiger partial charge in [-0.1, -0.05) is 205 Å². The van der Waals surface area contributed by atoms with Gasteiger partial charge in [0, 0.05) is 0 Å². The molecule has 0 amide bonds. The minimum atomic E-state index is -0.420. The highest BCUT2D eigenvalue weighted by atomic mass is 16.5. The van der Waals surface area contributed by atoms with E-state index >= 15 is 0 Å². The molecule has 3 aromatic carbocycles. The van der Waals surface area contributed by atoms with Crippen LogP contribution in [0.3, 0.4) is 0 Å². The van der Waals surface area contributed by atoms with Gasteiger partial charge in [0.1, 0.15) is 24.7 Å². The summed E-state index contributed by atoms with van der Waals surface area (Å²) in [5.74, 6) is 2.39. The summed E-state index contributed by atoms with van der Waals surface area (Å²) in [5.41, 5.74) is 2.43. The van der Waals surface area contributed by atoms with Crippen molar-refractivity contribution in [2.24, 2.45) is 0 Å². The van der Waals surface area contributed by atoms with Crippen molar-refractivity contribution < 1.29 is 28.5 Å². The van der Waals surface area contributed by atoms with Crippen molar-refractivity contribution in [1.82, 2.24) is 0 Å². The van der Waals surface area contributed by atoms with Crippen LogP contribution in [0.2, 0.25) is 0 Å². The number of carbonyl (C=O) groups is 1. The molecule has 0 heterocycles. The highest BCUT2D eigenvalue weighted by Crippen LogP contribution is 2.31. The normalized spacial score (nSPS) is 11.1. The average Bonchev–Trinajstić information content (AvgIpc) is 3.28. The minimum absolute atomic E-state index is 0.325. The maximum atomic E-state index is 12.3. The van der Waals surface area contributed by atoms with Crippen molar-refractivity contribution in [3.8, 4) is 23.0 Å². The molecule has 0 radical (unpaired) electrons. The zero-order chi connectivity index (χ0) is 42.6. The van der Waals surface area contributed by atoms with E-state index in [0.29, 0.717) is 30.3 Å². The van der Waals surface area contributed by atoms with Crippen LogP contribution < -0.4 is 18.9 Å². The Balaban J connectivity index is 1.28. The molecule has 336 valence electrons. The molecule has 0 spiro atoms. The molecule has 0 N–H and O–H groups in total. The Hall–Kier alpha value is -3.67. The summed E-state index contributed by atoms with van der Waals surface area (Å²) in [5, 5.41) is 0. The van der Waals surface area contributed by atoms with Crippen LogP contribution >= 0.6 is 0 Å². The fourth-order valence-electron chi connectivity index (χ4n) is 7.64. The van der Waals surface area contributed by atoms with E-state index in [-0.39, 0.29) is 0 Å². The predicted molar refractivity (Wildman–Crippen MR) is 251 cm³/mol. The fourth-order valence-corrected chi connectivity index (χ4v) is 7.64. The van der Waals surface area contributed by atoms with Crippen LogP contribution in [0.1, 0.15) is 215 Å². The zero-order valence-electron chi connectivity index (χ0n) is 38.4. The zero-order valence-corrected chi connectivity index (χ0v) is 38.4. The van der Waals surface area contributed by atoms with Gasteiger partial charge in [-0.3, -0.25) is 0 Å². The van der Waals surface area contributed by atoms with Gasteiger partial charge in [-0.05, 0) is 66.4 Å². The summed E-state index contributed by atoms with van der Waals surface area (Å²) in [7, 11) is 1.38. The van der Waals surface area contributed by atoms with Gasteiger partial charge < -0.3 is 23.7 Å². The SMILES string of the molecule is CCCCCCCCCCCCCCCCOc1ccc(COc2ccc(C(=O)OC)cc2OCc2ccc(OCCCCCCCCCCCCCCCC)cc2)cc1. The molecule has 3 rings (SSSR count). The lowest BCUT2D eigenvalue weighted by atomic mass is 10.0. The Morgan fingerprint density at radius 3 is 1.07 bits per heavy atom. The van der Waals surface area contributed by atoms with Crippen molar-refractivity contribution in [2.45, 2.75) is 207 Å². The highest BCUT2D eigenvalue weighted by molar-refractivity contribution is 5.90. The number of hydrogen-bond acceptors (Lipinski definition) is 6. The van der Waals surface area contributed by atoms with E-state index in [9.17, 15) is 4.79 Å². The van der Waals surface area contributed by atoms with E-state index in [1.54, 1.807) is 18.2 Å². The van der Waals surface area contributed by atoms with Crippen LogP contribution in [0.5, 0.6) is 23.0 Å². The molecule has 0 fully saturated rings. The van der Waals surface area contributed by atoms with Gasteiger partial charge >= 0.3 is 5.97 Å². The van der Waals surface area contributed by atoms with E-state index < -0.39 is 5.97 Å². The molecular weight excluding hydrogens is 745 g/mol. The molecule has 0 aliphatic heterocycles. The Morgan fingerprint density at radius 1 is 0.383 bits per heavy atom. The second kappa shape index (κ2) is 35.0. The number of rotatable bonds is 39. The summed E-state index contributed by atoms with van der Waals surface area (Å²) < 4.78 is 29.4. The van der Waals surface area contributed by atoms with Crippen LogP contribution in [0, 0.1) is 0 Å². The van der Waals surface area contributed by atoms with Crippen LogP contribution in [0.25, 0.3) is 0 Å². The Labute approximate surface area is 366 Å². The molecule has 0 aliphatic rings. The van der Waals surface area contributed by atoms with Gasteiger partial charge in [0.25, 0.3) is 0 Å². The smallest absolute Gasteiger partial charge is 0.337 e. The summed E-state index contributed by atoms with van der Waals surface area (Å²) in [4.78, 5) is 12.3. The van der Waals surface area contributed by atoms with Crippen molar-refractivity contribution >= 4 is 5.97 Å². The third-order valence-electron chi connectivity index (χ3n) is 11.5. The lowest BCUT2D eigenvalue weighted by molar-refractivity contribution is 0.0600. The van der Waals surface area contributed by atoms with E-state index in [1.165, 1.54) is 174 Å². The molecule has 3 aromatic rings. The molecule has 0 aromatic heterocycles. The quantitative estimate of drug-likeness (QED) is 0.0422. The molecular formula is C54H84O6. The monoisotopic (exact) mass is 829 g/mol. The van der Waals surface area contributed by atoms with Gasteiger partial charge in [0.15, 0.2) is 11.5 Å². The first kappa shape index (κ1) is 50.7. The first-order valence-electron chi connectivity index (χ1n) is 24.5. The Bertz CT molecular complexity index is 1450. The molecule has 60 heavy (non-hydrogen) atoms. The first-order chi connectivity index (χ1) is 29.6. The van der Waals surface area contributed by atoms with Gasteiger partial charge in [0.2, 0.25) is 0 Å². The topological polar surface area (TPSA) is 63.2 Å². The van der Waals surface area contributed by atoms with Crippen molar-refractivity contribution in [1.29, 1.82) is 0 Å². The molecule has 0 atom stereocenters. The number of esters is 1. The predicted octanol–water partition coefficient (Wildman–Crippen LogP) is 16.4. The first-order valence-corrected chi connectivity index (χ1v) is 24.5. The molecule has 6 nitrogen and oxygen atoms in total. The largest absolute Gasteiger partial charge is 0.494 e. The van der Waals surface area contributed by atoms with E-state index in [1.807, 2.05) is 48.5 Å². The molecule has 0 bridgehead atoms. The van der Waals surface area contributed by atoms with E-state index in [0.717, 1.165) is 48.7 Å². The highest BCUT2D eigenvalue weighted by Gasteiger charge is 2.13. The molecule has 0 unspecified atom stereocenters. The molecule has 0 saturated carbocycles. The van der Waals surface area contributed by atoms with Crippen LogP contribution in [-0.4, -0.2) is 26.3 Å². The lowest BCUT2D eigenvalue weighted by Gasteiger charge is -2.15. The average molecular weight is 829 g/mol. The summed E-state index contributed by atoms with van der Waals surface area (Å²) in [6.07, 6.45) is 37.8. The van der Waals surface area contributed by atoms with Gasteiger partial charge in [0.05, 0.1) is 25.9 Å². The summed E-state index contributed by atoms with van der Waals surface area (Å²) in [6.45, 7) is 6.74. The van der Waals surface area contributed by atoms with Gasteiger partial charge in [-0.15, -0.1) is 0 Å². The van der Waals surface area contributed by atoms with Crippen molar-refractivity contribution in [3.05, 3.63) is 83.4 Å². The van der Waals surface area contributed by atoms with Crippen molar-refractivity contribution in [3.63, 3.8) is 0 Å². The maximum Gasteiger partial charge on any atom is 0.337 e. The Kier molecular flexibility index (Phi) is 29.5. The lowest BCUT2D eigenvalue weighted by Crippen LogP contribution is -2.05. The van der Waals surface area contributed by atoms with E-state index in [4.69, 9.17) is 23.7 Å².